The van der Waals surface area contributed by atoms with E-state index in [1.807, 2.05) is 24.3 Å². The maximum atomic E-state index is 6.19. The van der Waals surface area contributed by atoms with E-state index in [4.69, 9.17) is 11.6 Å². The highest BCUT2D eigenvalue weighted by Gasteiger charge is 2.03. The van der Waals surface area contributed by atoms with Gasteiger partial charge in [-0.25, -0.2) is 0 Å². The smallest absolute Gasteiger partial charge is 0.0489 e. The minimum absolute atomic E-state index is 0.703. The summed E-state index contributed by atoms with van der Waals surface area (Å²) in [5.41, 5.74) is 3.38. The van der Waals surface area contributed by atoms with Gasteiger partial charge in [-0.2, -0.15) is 0 Å². The van der Waals surface area contributed by atoms with E-state index in [0.717, 1.165) is 25.2 Å². The van der Waals surface area contributed by atoms with Gasteiger partial charge < -0.3 is 5.32 Å². The van der Waals surface area contributed by atoms with Gasteiger partial charge in [0.1, 0.15) is 0 Å². The summed E-state index contributed by atoms with van der Waals surface area (Å²) < 4.78 is 2.05. The molecule has 1 N–H and O–H groups in total. The second kappa shape index (κ2) is 6.09. The maximum Gasteiger partial charge on any atom is 0.0489 e. The van der Waals surface area contributed by atoms with Gasteiger partial charge in [0.25, 0.3) is 0 Å². The number of hydrogen-bond acceptors (Lipinski definition) is 1. The zero-order valence-electron chi connectivity index (χ0n) is 9.81. The molecule has 0 spiro atoms. The van der Waals surface area contributed by atoms with Crippen LogP contribution in [0, 0.1) is 6.92 Å². The first-order valence-corrected chi connectivity index (χ1v) is 7.46. The molecule has 1 nitrogen and oxygen atoms in total. The van der Waals surface area contributed by atoms with E-state index < -0.39 is 0 Å². The van der Waals surface area contributed by atoms with Crippen molar-refractivity contribution in [3.05, 3.63) is 61.5 Å². The van der Waals surface area contributed by atoms with Crippen molar-refractivity contribution in [3.63, 3.8) is 0 Å². The molecule has 18 heavy (non-hydrogen) atoms. The summed E-state index contributed by atoms with van der Waals surface area (Å²) in [4.78, 5) is 0. The Labute approximate surface area is 129 Å². The van der Waals surface area contributed by atoms with Gasteiger partial charge in [0, 0.05) is 26.2 Å². The van der Waals surface area contributed by atoms with Gasteiger partial charge in [-0.3, -0.25) is 0 Å². The van der Waals surface area contributed by atoms with E-state index in [9.17, 15) is 0 Å². The maximum absolute atomic E-state index is 6.19. The molecule has 4 heteroatoms. The molecule has 0 atom stereocenters. The fourth-order valence-corrected chi connectivity index (χ4v) is 2.76. The van der Waals surface area contributed by atoms with Crippen LogP contribution in [-0.2, 0) is 6.54 Å². The fraction of sp³-hybridized carbons (Fsp3) is 0.143. The first-order valence-electron chi connectivity index (χ1n) is 5.50. The second-order valence-electron chi connectivity index (χ2n) is 4.07. The number of benzene rings is 2. The highest BCUT2D eigenvalue weighted by atomic mass is 79.9. The van der Waals surface area contributed by atoms with Crippen LogP contribution in [0.15, 0.2) is 45.3 Å². The lowest BCUT2D eigenvalue weighted by molar-refractivity contribution is 1.14. The van der Waals surface area contributed by atoms with E-state index in [1.165, 1.54) is 5.56 Å². The third-order valence-electron chi connectivity index (χ3n) is 2.61. The summed E-state index contributed by atoms with van der Waals surface area (Å²) in [6.07, 6.45) is 0. The first-order chi connectivity index (χ1) is 8.56. The lowest BCUT2D eigenvalue weighted by Crippen LogP contribution is -2.01. The molecular weight excluding hydrogens is 377 g/mol. The molecule has 0 aliphatic rings. The first kappa shape index (κ1) is 13.9. The summed E-state index contributed by atoms with van der Waals surface area (Å²) in [5.74, 6) is 0. The van der Waals surface area contributed by atoms with E-state index >= 15 is 0 Å². The van der Waals surface area contributed by atoms with Gasteiger partial charge in [0.2, 0.25) is 0 Å². The van der Waals surface area contributed by atoms with E-state index in [2.05, 4.69) is 56.2 Å². The number of aryl methyl sites for hydroxylation is 1. The monoisotopic (exact) mass is 387 g/mol. The van der Waals surface area contributed by atoms with Crippen molar-refractivity contribution in [1.82, 2.24) is 0 Å². The molecule has 0 heterocycles. The molecule has 0 unspecified atom stereocenters. The minimum atomic E-state index is 0.703. The molecule has 0 radical (unpaired) electrons. The predicted octanol–water partition coefficient (Wildman–Crippen LogP) is 5.79. The SMILES string of the molecule is Cc1ccc(Br)c(NCc2ccc(Br)cc2Cl)c1. The van der Waals surface area contributed by atoms with Crippen molar-refractivity contribution in [2.45, 2.75) is 13.5 Å². The van der Waals surface area contributed by atoms with Crippen molar-refractivity contribution in [1.29, 1.82) is 0 Å². The second-order valence-corrected chi connectivity index (χ2v) is 6.25. The summed E-state index contributed by atoms with van der Waals surface area (Å²) in [5, 5.41) is 4.15. The molecule has 0 bridgehead atoms. The Bertz CT molecular complexity index is 570. The average molecular weight is 390 g/mol. The Balaban J connectivity index is 2.13. The van der Waals surface area contributed by atoms with Crippen LogP contribution >= 0.6 is 43.5 Å². The highest BCUT2D eigenvalue weighted by Crippen LogP contribution is 2.26. The van der Waals surface area contributed by atoms with Gasteiger partial charge in [-0.15, -0.1) is 0 Å². The van der Waals surface area contributed by atoms with Crippen LogP contribution in [0.4, 0.5) is 5.69 Å². The van der Waals surface area contributed by atoms with E-state index in [0.29, 0.717) is 6.54 Å². The largest absolute Gasteiger partial charge is 0.380 e. The Morgan fingerprint density at radius 2 is 1.89 bits per heavy atom. The Kier molecular flexibility index (Phi) is 4.71. The molecule has 0 aromatic heterocycles. The number of hydrogen-bond donors (Lipinski definition) is 1. The lowest BCUT2D eigenvalue weighted by Gasteiger charge is -2.11. The normalized spacial score (nSPS) is 10.4. The van der Waals surface area contributed by atoms with Crippen LogP contribution in [0.1, 0.15) is 11.1 Å². The van der Waals surface area contributed by atoms with Crippen LogP contribution in [-0.4, -0.2) is 0 Å². The van der Waals surface area contributed by atoms with Gasteiger partial charge in [0.05, 0.1) is 0 Å². The Hall–Kier alpha value is -0.510. The number of nitrogens with one attached hydrogen (secondary N) is 1. The van der Waals surface area contributed by atoms with Gasteiger partial charge in [-0.05, 0) is 58.2 Å². The third kappa shape index (κ3) is 3.50. The molecule has 0 amide bonds. The third-order valence-corrected chi connectivity index (χ3v) is 4.14. The lowest BCUT2D eigenvalue weighted by atomic mass is 10.2. The van der Waals surface area contributed by atoms with Crippen LogP contribution < -0.4 is 5.32 Å². The molecule has 2 aromatic rings. The van der Waals surface area contributed by atoms with Crippen molar-refractivity contribution >= 4 is 49.1 Å². The van der Waals surface area contributed by atoms with E-state index in [1.54, 1.807) is 0 Å². The summed E-state index contributed by atoms with van der Waals surface area (Å²) in [6.45, 7) is 2.78. The van der Waals surface area contributed by atoms with Crippen molar-refractivity contribution in [3.8, 4) is 0 Å². The molecule has 0 saturated carbocycles. The van der Waals surface area contributed by atoms with Crippen molar-refractivity contribution in [2.24, 2.45) is 0 Å². The van der Waals surface area contributed by atoms with Crippen molar-refractivity contribution < 1.29 is 0 Å². The molecule has 2 rings (SSSR count). The molecular formula is C14H12Br2ClN. The minimum Gasteiger partial charge on any atom is -0.380 e. The summed E-state index contributed by atoms with van der Waals surface area (Å²) in [7, 11) is 0. The van der Waals surface area contributed by atoms with Gasteiger partial charge in [-0.1, -0.05) is 39.7 Å². The number of rotatable bonds is 3. The van der Waals surface area contributed by atoms with Crippen LogP contribution in [0.3, 0.4) is 0 Å². The average Bonchev–Trinajstić information content (AvgIpc) is 2.32. The molecule has 0 aliphatic heterocycles. The standard InChI is InChI=1S/C14H12Br2ClN/c1-9-2-5-12(16)14(6-9)18-8-10-3-4-11(15)7-13(10)17/h2-7,18H,8H2,1H3. The van der Waals surface area contributed by atoms with Crippen molar-refractivity contribution in [2.75, 3.05) is 5.32 Å². The van der Waals surface area contributed by atoms with Crippen LogP contribution in [0.25, 0.3) is 0 Å². The molecule has 0 saturated heterocycles. The van der Waals surface area contributed by atoms with Gasteiger partial charge in [0.15, 0.2) is 0 Å². The number of halogens is 3. The molecule has 94 valence electrons. The zero-order chi connectivity index (χ0) is 13.1. The summed E-state index contributed by atoms with van der Waals surface area (Å²) in [6, 6.07) is 12.1. The van der Waals surface area contributed by atoms with Crippen LogP contribution in [0.5, 0.6) is 0 Å². The molecule has 2 aromatic carbocycles. The highest BCUT2D eigenvalue weighted by molar-refractivity contribution is 9.10. The summed E-state index contributed by atoms with van der Waals surface area (Å²) >= 11 is 13.1. The molecule has 0 aliphatic carbocycles. The molecule has 0 fully saturated rings. The predicted molar refractivity (Wildman–Crippen MR) is 85.4 cm³/mol. The topological polar surface area (TPSA) is 12.0 Å². The van der Waals surface area contributed by atoms with E-state index in [-0.39, 0.29) is 0 Å². The van der Waals surface area contributed by atoms with Crippen LogP contribution in [0.2, 0.25) is 5.02 Å². The van der Waals surface area contributed by atoms with Gasteiger partial charge >= 0.3 is 0 Å². The quantitative estimate of drug-likeness (QED) is 0.701. The Morgan fingerprint density at radius 3 is 2.61 bits per heavy atom. The number of anilines is 1. The Morgan fingerprint density at radius 1 is 1.11 bits per heavy atom. The fourth-order valence-electron chi connectivity index (χ4n) is 1.63. The zero-order valence-corrected chi connectivity index (χ0v) is 13.7.